The van der Waals surface area contributed by atoms with Crippen LogP contribution in [0.2, 0.25) is 5.02 Å². The monoisotopic (exact) mass is 242 g/mol. The zero-order chi connectivity index (χ0) is 11.5. The maximum atomic E-state index is 12.8. The smallest absolute Gasteiger partial charge is 0.169 e. The third-order valence-corrected chi connectivity index (χ3v) is 3.04. The van der Waals surface area contributed by atoms with Gasteiger partial charge in [0.15, 0.2) is 5.78 Å². The largest absolute Gasteiger partial charge is 0.381 e. The SMILES string of the molecule is O=C(c1ccc(F)cc1Cl)C1CCCOC1. The van der Waals surface area contributed by atoms with E-state index in [0.717, 1.165) is 12.8 Å². The summed E-state index contributed by atoms with van der Waals surface area (Å²) in [5.74, 6) is -0.622. The van der Waals surface area contributed by atoms with Gasteiger partial charge in [0, 0.05) is 18.1 Å². The Labute approximate surface area is 98.4 Å². The third kappa shape index (κ3) is 2.42. The molecule has 16 heavy (non-hydrogen) atoms. The number of carbonyl (C=O) groups is 1. The Morgan fingerprint density at radius 2 is 2.31 bits per heavy atom. The van der Waals surface area contributed by atoms with Gasteiger partial charge in [-0.05, 0) is 31.0 Å². The van der Waals surface area contributed by atoms with Crippen LogP contribution in [0.4, 0.5) is 4.39 Å². The normalized spacial score (nSPS) is 20.8. The van der Waals surface area contributed by atoms with Crippen LogP contribution < -0.4 is 0 Å². The Kier molecular flexibility index (Phi) is 3.56. The third-order valence-electron chi connectivity index (χ3n) is 2.73. The Balaban J connectivity index is 2.19. The highest BCUT2D eigenvalue weighted by atomic mass is 35.5. The van der Waals surface area contributed by atoms with Crippen molar-refractivity contribution in [1.29, 1.82) is 0 Å². The standard InChI is InChI=1S/C12H12ClFO2/c13-11-6-9(14)3-4-10(11)12(15)8-2-1-5-16-7-8/h3-4,6,8H,1-2,5,7H2. The molecule has 1 fully saturated rings. The minimum atomic E-state index is -0.429. The number of benzene rings is 1. The van der Waals surface area contributed by atoms with Crippen molar-refractivity contribution in [2.75, 3.05) is 13.2 Å². The molecule has 1 atom stereocenters. The quantitative estimate of drug-likeness (QED) is 0.745. The van der Waals surface area contributed by atoms with Crippen LogP contribution in [-0.4, -0.2) is 19.0 Å². The summed E-state index contributed by atoms with van der Waals surface area (Å²) in [6.45, 7) is 1.15. The van der Waals surface area contributed by atoms with Gasteiger partial charge < -0.3 is 4.74 Å². The minimum absolute atomic E-state index is 0.0512. The summed E-state index contributed by atoms with van der Waals surface area (Å²) in [5, 5.41) is 0.176. The molecule has 0 amide bonds. The molecule has 1 saturated heterocycles. The molecular formula is C12H12ClFO2. The van der Waals surface area contributed by atoms with Crippen LogP contribution in [-0.2, 0) is 4.74 Å². The predicted molar refractivity (Wildman–Crippen MR) is 59.3 cm³/mol. The van der Waals surface area contributed by atoms with Crippen molar-refractivity contribution in [3.63, 3.8) is 0 Å². The lowest BCUT2D eigenvalue weighted by Gasteiger charge is -2.21. The first-order valence-corrected chi connectivity index (χ1v) is 5.63. The van der Waals surface area contributed by atoms with Crippen molar-refractivity contribution in [2.24, 2.45) is 5.92 Å². The Bertz CT molecular complexity index is 400. The van der Waals surface area contributed by atoms with E-state index in [1.807, 2.05) is 0 Å². The lowest BCUT2D eigenvalue weighted by atomic mass is 9.93. The molecule has 1 aliphatic heterocycles. The highest BCUT2D eigenvalue weighted by Crippen LogP contribution is 2.24. The molecule has 0 aromatic heterocycles. The molecule has 0 saturated carbocycles. The number of Topliss-reactive ketones (excluding diaryl/α,β-unsaturated/α-hetero) is 1. The summed E-state index contributed by atoms with van der Waals surface area (Å²) in [7, 11) is 0. The molecule has 0 bridgehead atoms. The summed E-state index contributed by atoms with van der Waals surface area (Å²) in [6, 6.07) is 3.86. The van der Waals surface area contributed by atoms with E-state index in [0.29, 0.717) is 18.8 Å². The lowest BCUT2D eigenvalue weighted by Crippen LogP contribution is -2.25. The maximum absolute atomic E-state index is 12.8. The molecule has 1 unspecified atom stereocenters. The average molecular weight is 243 g/mol. The minimum Gasteiger partial charge on any atom is -0.381 e. The van der Waals surface area contributed by atoms with E-state index >= 15 is 0 Å². The zero-order valence-electron chi connectivity index (χ0n) is 8.71. The van der Waals surface area contributed by atoms with E-state index in [1.165, 1.54) is 18.2 Å². The molecule has 1 aromatic carbocycles. The average Bonchev–Trinajstić information content (AvgIpc) is 2.29. The van der Waals surface area contributed by atoms with Gasteiger partial charge in [-0.3, -0.25) is 4.79 Å². The van der Waals surface area contributed by atoms with E-state index in [4.69, 9.17) is 16.3 Å². The van der Waals surface area contributed by atoms with E-state index < -0.39 is 5.82 Å². The summed E-state index contributed by atoms with van der Waals surface area (Å²) in [6.07, 6.45) is 1.70. The van der Waals surface area contributed by atoms with Gasteiger partial charge in [0.25, 0.3) is 0 Å². The first kappa shape index (κ1) is 11.6. The topological polar surface area (TPSA) is 26.3 Å². The number of hydrogen-bond donors (Lipinski definition) is 0. The van der Waals surface area contributed by atoms with Crippen LogP contribution in [0.3, 0.4) is 0 Å². The second-order valence-corrected chi connectivity index (χ2v) is 4.31. The van der Waals surface area contributed by atoms with Crippen molar-refractivity contribution in [3.8, 4) is 0 Å². The fraction of sp³-hybridized carbons (Fsp3) is 0.417. The molecule has 0 N–H and O–H groups in total. The molecule has 1 heterocycles. The van der Waals surface area contributed by atoms with Crippen molar-refractivity contribution in [3.05, 3.63) is 34.6 Å². The van der Waals surface area contributed by atoms with Gasteiger partial charge in [0.2, 0.25) is 0 Å². The number of ether oxygens (including phenoxy) is 1. The van der Waals surface area contributed by atoms with Gasteiger partial charge in [0.1, 0.15) is 5.82 Å². The van der Waals surface area contributed by atoms with Gasteiger partial charge >= 0.3 is 0 Å². The molecular weight excluding hydrogens is 231 g/mol. The summed E-state index contributed by atoms with van der Waals surface area (Å²) in [4.78, 5) is 12.0. The van der Waals surface area contributed by atoms with E-state index in [1.54, 1.807) is 0 Å². The van der Waals surface area contributed by atoms with Crippen LogP contribution >= 0.6 is 11.6 Å². The number of ketones is 1. The number of carbonyl (C=O) groups excluding carboxylic acids is 1. The zero-order valence-corrected chi connectivity index (χ0v) is 9.47. The van der Waals surface area contributed by atoms with Crippen molar-refractivity contribution >= 4 is 17.4 Å². The summed E-state index contributed by atoms with van der Waals surface area (Å²) < 4.78 is 18.1. The van der Waals surface area contributed by atoms with Crippen molar-refractivity contribution in [2.45, 2.75) is 12.8 Å². The Morgan fingerprint density at radius 1 is 1.50 bits per heavy atom. The van der Waals surface area contributed by atoms with E-state index in [-0.39, 0.29) is 16.7 Å². The molecule has 2 nitrogen and oxygen atoms in total. The maximum Gasteiger partial charge on any atom is 0.169 e. The summed E-state index contributed by atoms with van der Waals surface area (Å²) >= 11 is 5.84. The van der Waals surface area contributed by atoms with E-state index in [9.17, 15) is 9.18 Å². The fourth-order valence-electron chi connectivity index (χ4n) is 1.86. The summed E-state index contributed by atoms with van der Waals surface area (Å²) in [5.41, 5.74) is 0.388. The van der Waals surface area contributed by atoms with Gasteiger partial charge in [0.05, 0.1) is 11.6 Å². The van der Waals surface area contributed by atoms with Gasteiger partial charge in [-0.25, -0.2) is 4.39 Å². The van der Waals surface area contributed by atoms with Gasteiger partial charge in [-0.1, -0.05) is 11.6 Å². The van der Waals surface area contributed by atoms with Crippen LogP contribution in [0.5, 0.6) is 0 Å². The molecule has 0 spiro atoms. The van der Waals surface area contributed by atoms with Crippen LogP contribution in [0.25, 0.3) is 0 Å². The van der Waals surface area contributed by atoms with Crippen LogP contribution in [0.1, 0.15) is 23.2 Å². The van der Waals surface area contributed by atoms with Crippen molar-refractivity contribution < 1.29 is 13.9 Å². The molecule has 2 rings (SSSR count). The predicted octanol–water partition coefficient (Wildman–Crippen LogP) is 3.09. The van der Waals surface area contributed by atoms with E-state index in [2.05, 4.69) is 0 Å². The molecule has 0 aliphatic carbocycles. The number of halogens is 2. The Hall–Kier alpha value is -0.930. The number of rotatable bonds is 2. The van der Waals surface area contributed by atoms with Gasteiger partial charge in [-0.15, -0.1) is 0 Å². The second-order valence-electron chi connectivity index (χ2n) is 3.90. The second kappa shape index (κ2) is 4.93. The van der Waals surface area contributed by atoms with Gasteiger partial charge in [-0.2, -0.15) is 0 Å². The first-order valence-electron chi connectivity index (χ1n) is 5.25. The highest BCUT2D eigenvalue weighted by molar-refractivity contribution is 6.34. The molecule has 1 aromatic rings. The van der Waals surface area contributed by atoms with Crippen molar-refractivity contribution in [1.82, 2.24) is 0 Å². The van der Waals surface area contributed by atoms with Crippen LogP contribution in [0, 0.1) is 11.7 Å². The number of hydrogen-bond acceptors (Lipinski definition) is 2. The molecule has 1 aliphatic rings. The molecule has 86 valence electrons. The van der Waals surface area contributed by atoms with Crippen LogP contribution in [0.15, 0.2) is 18.2 Å². The Morgan fingerprint density at radius 3 is 2.94 bits per heavy atom. The lowest BCUT2D eigenvalue weighted by molar-refractivity contribution is 0.0461. The fourth-order valence-corrected chi connectivity index (χ4v) is 2.12. The molecule has 0 radical (unpaired) electrons. The molecule has 4 heteroatoms. The highest BCUT2D eigenvalue weighted by Gasteiger charge is 2.24. The first-order chi connectivity index (χ1) is 7.68.